The lowest BCUT2D eigenvalue weighted by Gasteiger charge is -2.19. The first-order chi connectivity index (χ1) is 12.8. The number of halogens is 3. The maximum atomic E-state index is 13.0. The van der Waals surface area contributed by atoms with E-state index in [4.69, 9.17) is 4.74 Å². The highest BCUT2D eigenvalue weighted by Gasteiger charge is 2.48. The van der Waals surface area contributed by atoms with Crippen molar-refractivity contribution in [2.24, 2.45) is 5.41 Å². The standard InChI is InChI=1S/C19H20F3N3O2/c1-27-10-16(12-3-2-4-13(7-12)19(20,21)22)23-17(26)15-8-14-9-18(5-6-18)11-25(14)24-15/h2-4,7-8,16H,5-6,9-11H2,1H3,(H,23,26). The first kappa shape index (κ1) is 18.0. The van der Waals surface area contributed by atoms with Gasteiger partial charge in [-0.3, -0.25) is 9.48 Å². The Balaban J connectivity index is 1.51. The summed E-state index contributed by atoms with van der Waals surface area (Å²) in [5.74, 6) is -0.416. The fourth-order valence-electron chi connectivity index (χ4n) is 3.67. The van der Waals surface area contributed by atoms with E-state index in [2.05, 4.69) is 10.4 Å². The Hall–Kier alpha value is -2.35. The summed E-state index contributed by atoms with van der Waals surface area (Å²) in [6.07, 6.45) is -1.11. The number of carbonyl (C=O) groups excluding carboxylic acids is 1. The van der Waals surface area contributed by atoms with Crippen molar-refractivity contribution in [3.63, 3.8) is 0 Å². The molecule has 0 radical (unpaired) electrons. The number of carbonyl (C=O) groups is 1. The van der Waals surface area contributed by atoms with Gasteiger partial charge in [0.25, 0.3) is 5.91 Å². The minimum atomic E-state index is -4.44. The minimum Gasteiger partial charge on any atom is -0.382 e. The second-order valence-electron chi connectivity index (χ2n) is 7.46. The van der Waals surface area contributed by atoms with Crippen molar-refractivity contribution >= 4 is 5.91 Å². The van der Waals surface area contributed by atoms with E-state index in [1.54, 1.807) is 12.1 Å². The van der Waals surface area contributed by atoms with Gasteiger partial charge in [0.2, 0.25) is 0 Å². The molecule has 27 heavy (non-hydrogen) atoms. The SMILES string of the molecule is COCC(NC(=O)c1cc2n(n1)CC1(CC1)C2)c1cccc(C(F)(F)F)c1. The van der Waals surface area contributed by atoms with E-state index in [1.165, 1.54) is 26.0 Å². The number of aromatic nitrogens is 2. The van der Waals surface area contributed by atoms with Crippen LogP contribution in [0.1, 0.15) is 46.2 Å². The number of benzene rings is 1. The molecule has 0 saturated heterocycles. The van der Waals surface area contributed by atoms with E-state index in [1.807, 2.05) is 4.68 Å². The molecule has 1 aliphatic heterocycles. The van der Waals surface area contributed by atoms with Crippen molar-refractivity contribution < 1.29 is 22.7 Å². The number of nitrogens with zero attached hydrogens (tertiary/aromatic N) is 2. The first-order valence-corrected chi connectivity index (χ1v) is 8.83. The van der Waals surface area contributed by atoms with Crippen LogP contribution in [0.5, 0.6) is 0 Å². The van der Waals surface area contributed by atoms with Gasteiger partial charge in [-0.2, -0.15) is 18.3 Å². The fraction of sp³-hybridized carbons (Fsp3) is 0.474. The molecule has 2 aromatic rings. The van der Waals surface area contributed by atoms with Gasteiger partial charge in [-0.15, -0.1) is 0 Å². The molecule has 1 saturated carbocycles. The monoisotopic (exact) mass is 379 g/mol. The van der Waals surface area contributed by atoms with Crippen molar-refractivity contribution in [2.75, 3.05) is 13.7 Å². The summed E-state index contributed by atoms with van der Waals surface area (Å²) in [6.45, 7) is 0.897. The summed E-state index contributed by atoms with van der Waals surface area (Å²) in [5.41, 5.74) is 1.26. The molecule has 1 aliphatic carbocycles. The summed E-state index contributed by atoms with van der Waals surface area (Å²) in [6, 6.07) is 5.99. The molecule has 0 bridgehead atoms. The molecule has 1 unspecified atom stereocenters. The van der Waals surface area contributed by atoms with Crippen molar-refractivity contribution in [3.8, 4) is 0 Å². The largest absolute Gasteiger partial charge is 0.416 e. The van der Waals surface area contributed by atoms with E-state index in [0.29, 0.717) is 11.0 Å². The molecular weight excluding hydrogens is 359 g/mol. The number of methoxy groups -OCH3 is 1. The normalized spacial score (nSPS) is 18.4. The highest BCUT2D eigenvalue weighted by Crippen LogP contribution is 2.53. The average Bonchev–Trinajstić information content (AvgIpc) is 3.11. The highest BCUT2D eigenvalue weighted by molar-refractivity contribution is 5.92. The zero-order valence-electron chi connectivity index (χ0n) is 14.8. The number of ether oxygens (including phenoxy) is 1. The molecule has 1 aromatic carbocycles. The van der Waals surface area contributed by atoms with Gasteiger partial charge in [0.1, 0.15) is 5.69 Å². The number of amides is 1. The summed E-state index contributed by atoms with van der Waals surface area (Å²) >= 11 is 0. The van der Waals surface area contributed by atoms with Crippen LogP contribution in [-0.2, 0) is 23.9 Å². The molecule has 1 atom stereocenters. The molecule has 1 N–H and O–H groups in total. The van der Waals surface area contributed by atoms with Gasteiger partial charge in [-0.1, -0.05) is 12.1 Å². The first-order valence-electron chi connectivity index (χ1n) is 8.83. The van der Waals surface area contributed by atoms with Crippen LogP contribution in [0.4, 0.5) is 13.2 Å². The van der Waals surface area contributed by atoms with Crippen molar-refractivity contribution in [2.45, 2.75) is 38.0 Å². The number of hydrogen-bond acceptors (Lipinski definition) is 3. The number of hydrogen-bond donors (Lipinski definition) is 1. The smallest absolute Gasteiger partial charge is 0.382 e. The third-order valence-electron chi connectivity index (χ3n) is 5.35. The molecule has 2 heterocycles. The summed E-state index contributed by atoms with van der Waals surface area (Å²) in [5, 5.41) is 7.12. The third kappa shape index (κ3) is 3.58. The molecule has 1 aromatic heterocycles. The lowest BCUT2D eigenvalue weighted by Crippen LogP contribution is -2.32. The van der Waals surface area contributed by atoms with Crippen LogP contribution >= 0.6 is 0 Å². The Morgan fingerprint density at radius 1 is 1.37 bits per heavy atom. The minimum absolute atomic E-state index is 0.0593. The second kappa shape index (κ2) is 6.37. The molecule has 1 amide bonds. The number of fused-ring (bicyclic) bond motifs is 1. The second-order valence-corrected chi connectivity index (χ2v) is 7.46. The van der Waals surface area contributed by atoms with Crippen molar-refractivity contribution in [3.05, 3.63) is 52.8 Å². The van der Waals surface area contributed by atoms with E-state index >= 15 is 0 Å². The van der Waals surface area contributed by atoms with E-state index in [9.17, 15) is 18.0 Å². The summed E-state index contributed by atoms with van der Waals surface area (Å²) in [4.78, 5) is 12.6. The number of nitrogens with one attached hydrogen (secondary N) is 1. The van der Waals surface area contributed by atoms with Crippen LogP contribution in [0.2, 0.25) is 0 Å². The number of rotatable bonds is 5. The maximum absolute atomic E-state index is 13.0. The van der Waals surface area contributed by atoms with Crippen LogP contribution in [0.25, 0.3) is 0 Å². The van der Waals surface area contributed by atoms with Gasteiger partial charge in [0.05, 0.1) is 18.2 Å². The van der Waals surface area contributed by atoms with E-state index in [0.717, 1.165) is 30.8 Å². The lowest BCUT2D eigenvalue weighted by molar-refractivity contribution is -0.137. The van der Waals surface area contributed by atoms with E-state index in [-0.39, 0.29) is 12.3 Å². The van der Waals surface area contributed by atoms with Crippen LogP contribution < -0.4 is 5.32 Å². The molecule has 5 nitrogen and oxygen atoms in total. The quantitative estimate of drug-likeness (QED) is 0.867. The predicted octanol–water partition coefficient (Wildman–Crippen LogP) is 3.36. The van der Waals surface area contributed by atoms with Gasteiger partial charge in [0.15, 0.2) is 0 Å². The Morgan fingerprint density at radius 2 is 2.15 bits per heavy atom. The van der Waals surface area contributed by atoms with Crippen LogP contribution in [0.3, 0.4) is 0 Å². The van der Waals surface area contributed by atoms with Crippen molar-refractivity contribution in [1.82, 2.24) is 15.1 Å². The Morgan fingerprint density at radius 3 is 2.78 bits per heavy atom. The highest BCUT2D eigenvalue weighted by atomic mass is 19.4. The molecule has 144 valence electrons. The topological polar surface area (TPSA) is 56.1 Å². The summed E-state index contributed by atoms with van der Waals surface area (Å²) in [7, 11) is 1.44. The zero-order valence-corrected chi connectivity index (χ0v) is 14.8. The van der Waals surface area contributed by atoms with Gasteiger partial charge < -0.3 is 10.1 Å². The van der Waals surface area contributed by atoms with Crippen LogP contribution in [0, 0.1) is 5.41 Å². The number of alkyl halides is 3. The maximum Gasteiger partial charge on any atom is 0.416 e. The van der Waals surface area contributed by atoms with Gasteiger partial charge in [0, 0.05) is 19.3 Å². The lowest BCUT2D eigenvalue weighted by atomic mass is 10.0. The Labute approximate surface area is 154 Å². The third-order valence-corrected chi connectivity index (χ3v) is 5.35. The predicted molar refractivity (Wildman–Crippen MR) is 91.1 cm³/mol. The fourth-order valence-corrected chi connectivity index (χ4v) is 3.67. The molecular formula is C19H20F3N3O2. The zero-order chi connectivity index (χ0) is 19.2. The van der Waals surface area contributed by atoms with Gasteiger partial charge in [-0.05, 0) is 48.4 Å². The van der Waals surface area contributed by atoms with Crippen LogP contribution in [0.15, 0.2) is 30.3 Å². The molecule has 1 fully saturated rings. The van der Waals surface area contributed by atoms with Gasteiger partial charge in [-0.25, -0.2) is 0 Å². The van der Waals surface area contributed by atoms with Gasteiger partial charge >= 0.3 is 6.18 Å². The van der Waals surface area contributed by atoms with Crippen LogP contribution in [-0.4, -0.2) is 29.4 Å². The van der Waals surface area contributed by atoms with Crippen molar-refractivity contribution in [1.29, 1.82) is 0 Å². The Bertz CT molecular complexity index is 846. The molecule has 1 spiro atoms. The average molecular weight is 379 g/mol. The molecule has 8 heteroatoms. The molecule has 4 rings (SSSR count). The summed E-state index contributed by atoms with van der Waals surface area (Å²) < 4.78 is 45.9. The van der Waals surface area contributed by atoms with E-state index < -0.39 is 23.7 Å². The molecule has 2 aliphatic rings. The Kier molecular flexibility index (Phi) is 4.25.